The van der Waals surface area contributed by atoms with E-state index in [-0.39, 0.29) is 21.6 Å². The highest BCUT2D eigenvalue weighted by Gasteiger charge is 2.32. The minimum Gasteiger partial charge on any atom is -0.326 e. The molecule has 0 spiro atoms. The molecule has 0 aliphatic carbocycles. The minimum atomic E-state index is -3.49. The zero-order chi connectivity index (χ0) is 26.7. The van der Waals surface area contributed by atoms with Crippen molar-refractivity contribution in [1.29, 1.82) is 0 Å². The van der Waals surface area contributed by atoms with Crippen molar-refractivity contribution in [2.75, 3.05) is 27.7 Å². The summed E-state index contributed by atoms with van der Waals surface area (Å²) in [4.78, 5) is 27.1. The molecule has 3 aromatic carbocycles. The summed E-state index contributed by atoms with van der Waals surface area (Å²) in [7, 11) is -3.49. The van der Waals surface area contributed by atoms with Crippen LogP contribution in [0.1, 0.15) is 12.8 Å². The lowest BCUT2D eigenvalue weighted by Crippen LogP contribution is -2.53. The first-order chi connectivity index (χ1) is 17.5. The van der Waals surface area contributed by atoms with Crippen molar-refractivity contribution in [3.05, 3.63) is 76.5 Å². The molecule has 0 saturated carbocycles. The van der Waals surface area contributed by atoms with Gasteiger partial charge in [0.15, 0.2) is 0 Å². The number of anilines is 3. The molecular weight excluding hydrogens is 542 g/mol. The van der Waals surface area contributed by atoms with Gasteiger partial charge in [0, 0.05) is 17.1 Å². The monoisotopic (exact) mass is 564 g/mol. The highest BCUT2D eigenvalue weighted by Crippen LogP contribution is 2.36. The number of para-hydroxylation sites is 1. The number of halogens is 3. The van der Waals surface area contributed by atoms with Gasteiger partial charge in [-0.05, 0) is 54.8 Å². The third kappa shape index (κ3) is 6.51. The molecule has 1 fully saturated rings. The number of hydrogen-bond acceptors (Lipinski definition) is 4. The largest absolute Gasteiger partial charge is 0.326 e. The fraction of sp³-hybridized carbons (Fsp3) is 0.200. The Bertz CT molecular complexity index is 1470. The number of hydrogen-bond donors (Lipinski definition) is 3. The van der Waals surface area contributed by atoms with Crippen molar-refractivity contribution in [3.63, 3.8) is 0 Å². The second-order valence-corrected chi connectivity index (χ2v) is 11.1. The van der Waals surface area contributed by atoms with E-state index in [1.807, 2.05) is 0 Å². The Morgan fingerprint density at radius 2 is 1.81 bits per heavy atom. The van der Waals surface area contributed by atoms with Crippen LogP contribution in [0.25, 0.3) is 11.1 Å². The lowest BCUT2D eigenvalue weighted by atomic mass is 10.0. The fourth-order valence-corrected chi connectivity index (χ4v) is 5.09. The molecule has 194 valence electrons. The number of nitrogens with one attached hydrogen (secondary N) is 3. The molecule has 12 heteroatoms. The second kappa shape index (κ2) is 11.0. The number of sulfonamides is 1. The Kier molecular flexibility index (Phi) is 7.91. The van der Waals surface area contributed by atoms with Gasteiger partial charge in [0.25, 0.3) is 0 Å². The molecule has 37 heavy (non-hydrogen) atoms. The Morgan fingerprint density at radius 1 is 1.05 bits per heavy atom. The highest BCUT2D eigenvalue weighted by molar-refractivity contribution is 7.92. The number of benzene rings is 3. The van der Waals surface area contributed by atoms with Crippen LogP contribution in [-0.2, 0) is 14.8 Å². The molecule has 1 aliphatic heterocycles. The van der Waals surface area contributed by atoms with Crippen molar-refractivity contribution in [2.24, 2.45) is 0 Å². The topological polar surface area (TPSA) is 108 Å². The van der Waals surface area contributed by atoms with Crippen molar-refractivity contribution in [2.45, 2.75) is 18.9 Å². The molecule has 1 saturated heterocycles. The SMILES string of the molecule is CS(=O)(=O)Nc1ccccc1-c1ccc(N2CCC[C@@H](NC(=O)Nc3ccc(Cl)cc3F)C2=O)c(Cl)c1. The number of rotatable bonds is 6. The van der Waals surface area contributed by atoms with E-state index in [2.05, 4.69) is 15.4 Å². The van der Waals surface area contributed by atoms with Crippen LogP contribution in [0, 0.1) is 5.82 Å². The second-order valence-electron chi connectivity index (χ2n) is 8.49. The van der Waals surface area contributed by atoms with Crippen LogP contribution in [0.2, 0.25) is 10.0 Å². The van der Waals surface area contributed by atoms with Crippen LogP contribution in [0.3, 0.4) is 0 Å². The Hall–Kier alpha value is -3.34. The maximum atomic E-state index is 14.0. The van der Waals surface area contributed by atoms with Crippen molar-refractivity contribution < 1.29 is 22.4 Å². The molecular formula is C25H23Cl2FN4O4S. The van der Waals surface area contributed by atoms with E-state index in [4.69, 9.17) is 23.2 Å². The molecule has 1 atom stereocenters. The van der Waals surface area contributed by atoms with Gasteiger partial charge in [-0.2, -0.15) is 0 Å². The molecule has 1 aliphatic rings. The lowest BCUT2D eigenvalue weighted by molar-refractivity contribution is -0.121. The first-order valence-electron chi connectivity index (χ1n) is 11.2. The van der Waals surface area contributed by atoms with Gasteiger partial charge in [0.1, 0.15) is 11.9 Å². The number of urea groups is 1. The van der Waals surface area contributed by atoms with Gasteiger partial charge in [0.2, 0.25) is 15.9 Å². The van der Waals surface area contributed by atoms with E-state index < -0.39 is 27.9 Å². The summed E-state index contributed by atoms with van der Waals surface area (Å²) in [6.45, 7) is 0.399. The fourth-order valence-electron chi connectivity index (χ4n) is 4.07. The summed E-state index contributed by atoms with van der Waals surface area (Å²) in [6, 6.07) is 14.2. The normalized spacial score (nSPS) is 15.8. The van der Waals surface area contributed by atoms with Crippen LogP contribution >= 0.6 is 23.2 Å². The van der Waals surface area contributed by atoms with E-state index in [1.54, 1.807) is 42.5 Å². The molecule has 4 rings (SSSR count). The summed E-state index contributed by atoms with van der Waals surface area (Å²) < 4.78 is 40.0. The van der Waals surface area contributed by atoms with E-state index in [0.29, 0.717) is 41.9 Å². The molecule has 1 heterocycles. The molecule has 0 unspecified atom stereocenters. The molecule has 8 nitrogen and oxygen atoms in total. The number of nitrogens with zero attached hydrogens (tertiary/aromatic N) is 1. The van der Waals surface area contributed by atoms with Crippen molar-refractivity contribution in [3.8, 4) is 11.1 Å². The average Bonchev–Trinajstić information content (AvgIpc) is 2.82. The third-order valence-electron chi connectivity index (χ3n) is 5.70. The number of amides is 3. The summed E-state index contributed by atoms with van der Waals surface area (Å²) in [5.74, 6) is -1.05. The summed E-state index contributed by atoms with van der Waals surface area (Å²) in [5.41, 5.74) is 2.07. The number of carbonyl (C=O) groups excluding carboxylic acids is 2. The van der Waals surface area contributed by atoms with E-state index >= 15 is 0 Å². The smallest absolute Gasteiger partial charge is 0.319 e. The zero-order valence-corrected chi connectivity index (χ0v) is 21.9. The lowest BCUT2D eigenvalue weighted by Gasteiger charge is -2.33. The average molecular weight is 565 g/mol. The van der Waals surface area contributed by atoms with Gasteiger partial charge in [-0.15, -0.1) is 0 Å². The van der Waals surface area contributed by atoms with E-state index in [0.717, 1.165) is 12.3 Å². The van der Waals surface area contributed by atoms with Gasteiger partial charge in [-0.3, -0.25) is 9.52 Å². The maximum Gasteiger partial charge on any atom is 0.319 e. The Labute approximate surface area is 223 Å². The predicted molar refractivity (Wildman–Crippen MR) is 144 cm³/mol. The molecule has 3 amide bonds. The van der Waals surface area contributed by atoms with Crippen LogP contribution in [0.4, 0.5) is 26.2 Å². The maximum absolute atomic E-state index is 14.0. The van der Waals surface area contributed by atoms with Gasteiger partial charge in [-0.25, -0.2) is 17.6 Å². The van der Waals surface area contributed by atoms with Crippen molar-refractivity contribution in [1.82, 2.24) is 5.32 Å². The van der Waals surface area contributed by atoms with Crippen molar-refractivity contribution >= 4 is 62.2 Å². The summed E-state index contributed by atoms with van der Waals surface area (Å²) in [5, 5.41) is 5.46. The van der Waals surface area contributed by atoms with Gasteiger partial charge in [0.05, 0.1) is 28.3 Å². The molecule has 0 aromatic heterocycles. The summed E-state index contributed by atoms with van der Waals surface area (Å²) in [6.07, 6.45) is 2.08. The minimum absolute atomic E-state index is 0.0636. The quantitative estimate of drug-likeness (QED) is 0.368. The third-order valence-corrected chi connectivity index (χ3v) is 6.82. The number of carbonyl (C=O) groups is 2. The molecule has 0 bridgehead atoms. The Morgan fingerprint density at radius 3 is 2.51 bits per heavy atom. The standard InChI is InChI=1S/C25H23Cl2FN4O4S/c1-37(35,36)31-20-6-3-2-5-17(20)15-8-11-23(18(27)13-15)32-12-4-7-22(24(32)33)30-25(34)29-21-10-9-16(26)14-19(21)28/h2-3,5-6,8-11,13-14,22,31H,4,7,12H2,1H3,(H2,29,30,34)/t22-/m1/s1. The number of piperidine rings is 1. The first kappa shape index (κ1) is 26.7. The molecule has 0 radical (unpaired) electrons. The van der Waals surface area contributed by atoms with Crippen LogP contribution < -0.4 is 20.3 Å². The van der Waals surface area contributed by atoms with Crippen LogP contribution in [0.5, 0.6) is 0 Å². The van der Waals surface area contributed by atoms with Gasteiger partial charge < -0.3 is 15.5 Å². The van der Waals surface area contributed by atoms with Crippen LogP contribution in [0.15, 0.2) is 60.7 Å². The zero-order valence-electron chi connectivity index (χ0n) is 19.6. The highest BCUT2D eigenvalue weighted by atomic mass is 35.5. The Balaban J connectivity index is 1.51. The molecule has 3 N–H and O–H groups in total. The molecule has 3 aromatic rings. The first-order valence-corrected chi connectivity index (χ1v) is 13.9. The predicted octanol–water partition coefficient (Wildman–Crippen LogP) is 5.49. The van der Waals surface area contributed by atoms with E-state index in [1.165, 1.54) is 17.0 Å². The van der Waals surface area contributed by atoms with E-state index in [9.17, 15) is 22.4 Å². The van der Waals surface area contributed by atoms with Crippen LogP contribution in [-0.4, -0.2) is 39.2 Å². The van der Waals surface area contributed by atoms with Gasteiger partial charge >= 0.3 is 6.03 Å². The van der Waals surface area contributed by atoms with Gasteiger partial charge in [-0.1, -0.05) is 47.5 Å². The summed E-state index contributed by atoms with van der Waals surface area (Å²) >= 11 is 12.3.